The van der Waals surface area contributed by atoms with E-state index in [0.29, 0.717) is 19.4 Å². The van der Waals surface area contributed by atoms with Crippen LogP contribution in [0, 0.1) is 0 Å². The molecule has 0 fully saturated rings. The standard InChI is InChI=1S/C13H17N3O2/c1-16-10-6-3-2-5-9(10)12(13(16)18)15-8-4-7-11(14)17/h2-3,5-6,12,15H,4,7-8H2,1H3,(H2,14,17). The molecule has 3 N–H and O–H groups in total. The Balaban J connectivity index is 2.01. The number of amides is 2. The molecule has 0 saturated heterocycles. The molecule has 96 valence electrons. The summed E-state index contributed by atoms with van der Waals surface area (Å²) in [5.41, 5.74) is 7.00. The van der Waals surface area contributed by atoms with E-state index in [2.05, 4.69) is 5.32 Å². The lowest BCUT2D eigenvalue weighted by atomic mass is 10.1. The molecule has 1 aromatic rings. The Morgan fingerprint density at radius 1 is 1.44 bits per heavy atom. The number of nitrogens with zero attached hydrogens (tertiary/aromatic N) is 1. The van der Waals surface area contributed by atoms with E-state index in [9.17, 15) is 9.59 Å². The van der Waals surface area contributed by atoms with Gasteiger partial charge in [0.25, 0.3) is 0 Å². The van der Waals surface area contributed by atoms with E-state index in [1.165, 1.54) is 0 Å². The van der Waals surface area contributed by atoms with E-state index < -0.39 is 0 Å². The highest BCUT2D eigenvalue weighted by Gasteiger charge is 2.33. The Morgan fingerprint density at radius 2 is 2.17 bits per heavy atom. The van der Waals surface area contributed by atoms with E-state index >= 15 is 0 Å². The van der Waals surface area contributed by atoms with E-state index in [1.807, 2.05) is 24.3 Å². The zero-order chi connectivity index (χ0) is 13.1. The Hall–Kier alpha value is -1.88. The molecule has 2 rings (SSSR count). The average Bonchev–Trinajstić information content (AvgIpc) is 2.59. The highest BCUT2D eigenvalue weighted by Crippen LogP contribution is 2.34. The summed E-state index contributed by atoms with van der Waals surface area (Å²) in [6.45, 7) is 0.599. The number of likely N-dealkylation sites (N-methyl/N-ethyl adjacent to an activating group) is 1. The van der Waals surface area contributed by atoms with Crippen molar-refractivity contribution in [3.05, 3.63) is 29.8 Å². The molecule has 1 unspecified atom stereocenters. The molecule has 1 heterocycles. The van der Waals surface area contributed by atoms with Gasteiger partial charge in [-0.15, -0.1) is 0 Å². The maximum absolute atomic E-state index is 12.1. The van der Waals surface area contributed by atoms with E-state index in [1.54, 1.807) is 11.9 Å². The van der Waals surface area contributed by atoms with Gasteiger partial charge in [-0.05, 0) is 19.0 Å². The lowest BCUT2D eigenvalue weighted by molar-refractivity contribution is -0.119. The van der Waals surface area contributed by atoms with Gasteiger partial charge in [-0.3, -0.25) is 9.59 Å². The number of fused-ring (bicyclic) bond motifs is 1. The van der Waals surface area contributed by atoms with Gasteiger partial charge in [-0.2, -0.15) is 0 Å². The molecule has 1 aliphatic heterocycles. The third kappa shape index (κ3) is 2.36. The summed E-state index contributed by atoms with van der Waals surface area (Å²) < 4.78 is 0. The lowest BCUT2D eigenvalue weighted by Gasteiger charge is -2.12. The molecule has 2 amide bonds. The molecule has 0 saturated carbocycles. The number of carbonyl (C=O) groups is 2. The number of nitrogens with two attached hydrogens (primary N) is 1. The van der Waals surface area contributed by atoms with Gasteiger partial charge >= 0.3 is 0 Å². The quantitative estimate of drug-likeness (QED) is 0.746. The van der Waals surface area contributed by atoms with Crippen LogP contribution < -0.4 is 16.0 Å². The first kappa shape index (κ1) is 12.6. The average molecular weight is 247 g/mol. The third-order valence-electron chi connectivity index (χ3n) is 3.14. The van der Waals surface area contributed by atoms with Crippen LogP contribution in [0.2, 0.25) is 0 Å². The van der Waals surface area contributed by atoms with Gasteiger partial charge in [-0.25, -0.2) is 0 Å². The number of para-hydroxylation sites is 1. The van der Waals surface area contributed by atoms with E-state index in [4.69, 9.17) is 5.73 Å². The molecular formula is C13H17N3O2. The zero-order valence-corrected chi connectivity index (χ0v) is 10.3. The molecule has 0 radical (unpaired) electrons. The maximum atomic E-state index is 12.1. The summed E-state index contributed by atoms with van der Waals surface area (Å²) in [5, 5.41) is 3.17. The Bertz CT molecular complexity index is 473. The number of anilines is 1. The van der Waals surface area contributed by atoms with Crippen molar-refractivity contribution >= 4 is 17.5 Å². The fourth-order valence-corrected chi connectivity index (χ4v) is 2.19. The maximum Gasteiger partial charge on any atom is 0.248 e. The topological polar surface area (TPSA) is 75.4 Å². The van der Waals surface area contributed by atoms with Gasteiger partial charge in [-0.1, -0.05) is 18.2 Å². The van der Waals surface area contributed by atoms with Crippen LogP contribution in [0.4, 0.5) is 5.69 Å². The number of nitrogens with one attached hydrogen (secondary N) is 1. The molecule has 5 heteroatoms. The normalized spacial score (nSPS) is 17.9. The minimum atomic E-state index is -0.313. The summed E-state index contributed by atoms with van der Waals surface area (Å²) in [5.74, 6) is -0.276. The summed E-state index contributed by atoms with van der Waals surface area (Å²) in [6.07, 6.45) is 0.983. The predicted octanol–water partition coefficient (Wildman–Crippen LogP) is 0.559. The van der Waals surface area contributed by atoms with Crippen molar-refractivity contribution < 1.29 is 9.59 Å². The van der Waals surface area contributed by atoms with Crippen molar-refractivity contribution in [2.75, 3.05) is 18.5 Å². The minimum Gasteiger partial charge on any atom is -0.370 e. The van der Waals surface area contributed by atoms with Crippen molar-refractivity contribution in [2.45, 2.75) is 18.9 Å². The Kier molecular flexibility index (Phi) is 3.62. The number of hydrogen-bond acceptors (Lipinski definition) is 3. The second-order valence-corrected chi connectivity index (χ2v) is 4.41. The van der Waals surface area contributed by atoms with Gasteiger partial charge < -0.3 is 16.0 Å². The Morgan fingerprint density at radius 3 is 2.89 bits per heavy atom. The number of rotatable bonds is 5. The summed E-state index contributed by atoms with van der Waals surface area (Å²) in [4.78, 5) is 24.3. The van der Waals surface area contributed by atoms with Gasteiger partial charge in [0.05, 0.1) is 0 Å². The summed E-state index contributed by atoms with van der Waals surface area (Å²) >= 11 is 0. The van der Waals surface area contributed by atoms with E-state index in [0.717, 1.165) is 11.3 Å². The SMILES string of the molecule is CN1C(=O)C(NCCCC(N)=O)c2ccccc21. The van der Waals surface area contributed by atoms with Gasteiger partial charge in [0.1, 0.15) is 6.04 Å². The second-order valence-electron chi connectivity index (χ2n) is 4.41. The fraction of sp³-hybridized carbons (Fsp3) is 0.385. The molecule has 0 aliphatic carbocycles. The first-order valence-corrected chi connectivity index (χ1v) is 5.99. The van der Waals surface area contributed by atoms with Crippen LogP contribution in [-0.4, -0.2) is 25.4 Å². The predicted molar refractivity (Wildman–Crippen MR) is 69.0 cm³/mol. The van der Waals surface area contributed by atoms with Crippen LogP contribution in [0.5, 0.6) is 0 Å². The van der Waals surface area contributed by atoms with Crippen molar-refractivity contribution in [3.63, 3.8) is 0 Å². The summed E-state index contributed by atoms with van der Waals surface area (Å²) in [6, 6.07) is 7.40. The lowest BCUT2D eigenvalue weighted by Crippen LogP contribution is -2.33. The van der Waals surface area contributed by atoms with Gasteiger partial charge in [0, 0.05) is 24.7 Å². The molecule has 18 heavy (non-hydrogen) atoms. The fourth-order valence-electron chi connectivity index (χ4n) is 2.19. The van der Waals surface area contributed by atoms with Crippen LogP contribution >= 0.6 is 0 Å². The van der Waals surface area contributed by atoms with Crippen molar-refractivity contribution in [3.8, 4) is 0 Å². The van der Waals surface area contributed by atoms with Crippen LogP contribution in [0.1, 0.15) is 24.4 Å². The largest absolute Gasteiger partial charge is 0.370 e. The number of primary amides is 1. The van der Waals surface area contributed by atoms with Gasteiger partial charge in [0.15, 0.2) is 0 Å². The van der Waals surface area contributed by atoms with Crippen LogP contribution in [0.25, 0.3) is 0 Å². The second kappa shape index (κ2) is 5.18. The number of hydrogen-bond donors (Lipinski definition) is 2. The summed E-state index contributed by atoms with van der Waals surface area (Å²) in [7, 11) is 1.77. The monoisotopic (exact) mass is 247 g/mol. The third-order valence-corrected chi connectivity index (χ3v) is 3.14. The van der Waals surface area contributed by atoms with Crippen molar-refractivity contribution in [2.24, 2.45) is 5.73 Å². The highest BCUT2D eigenvalue weighted by molar-refractivity contribution is 6.04. The molecule has 1 aromatic carbocycles. The van der Waals surface area contributed by atoms with E-state index in [-0.39, 0.29) is 17.9 Å². The minimum absolute atomic E-state index is 0.0373. The smallest absolute Gasteiger partial charge is 0.248 e. The van der Waals surface area contributed by atoms with Crippen LogP contribution in [0.15, 0.2) is 24.3 Å². The van der Waals surface area contributed by atoms with Gasteiger partial charge in [0.2, 0.25) is 11.8 Å². The van der Waals surface area contributed by atoms with Crippen LogP contribution in [-0.2, 0) is 9.59 Å². The molecule has 5 nitrogen and oxygen atoms in total. The molecule has 1 atom stereocenters. The zero-order valence-electron chi connectivity index (χ0n) is 10.3. The van der Waals surface area contributed by atoms with Crippen LogP contribution in [0.3, 0.4) is 0 Å². The highest BCUT2D eigenvalue weighted by atomic mass is 16.2. The molecule has 1 aliphatic rings. The number of benzene rings is 1. The first-order chi connectivity index (χ1) is 8.61. The molecular weight excluding hydrogens is 230 g/mol. The van der Waals surface area contributed by atoms with Crippen molar-refractivity contribution in [1.82, 2.24) is 5.32 Å². The molecule has 0 spiro atoms. The first-order valence-electron chi connectivity index (χ1n) is 5.99. The molecule has 0 aromatic heterocycles. The molecule has 0 bridgehead atoms. The number of carbonyl (C=O) groups excluding carboxylic acids is 2. The van der Waals surface area contributed by atoms with Crippen molar-refractivity contribution in [1.29, 1.82) is 0 Å². The Labute approximate surface area is 106 Å².